The highest BCUT2D eigenvalue weighted by Crippen LogP contribution is 1.99. The number of carbonyl (C=O) groups is 1. The van der Waals surface area contributed by atoms with E-state index in [4.69, 9.17) is 9.47 Å². The Kier molecular flexibility index (Phi) is 9.24. The lowest BCUT2D eigenvalue weighted by atomic mass is 10.3. The molecule has 4 nitrogen and oxygen atoms in total. The number of rotatable bonds is 9. The quantitative estimate of drug-likeness (QED) is 0.614. The number of nitrogens with one attached hydrogen (secondary N) is 1. The molecule has 16 heavy (non-hydrogen) atoms. The van der Waals surface area contributed by atoms with Crippen LogP contribution in [0.15, 0.2) is 0 Å². The molecule has 0 aliphatic heterocycles. The summed E-state index contributed by atoms with van der Waals surface area (Å²) in [5.41, 5.74) is 0. The Bertz CT molecular complexity index is 185. The second-order valence-corrected chi connectivity index (χ2v) is 3.81. The molecule has 0 aliphatic carbocycles. The van der Waals surface area contributed by atoms with Gasteiger partial charge in [-0.25, -0.2) is 0 Å². The fraction of sp³-hybridized carbons (Fsp3) is 0.917. The smallest absolute Gasteiger partial charge is 0.325 e. The topological polar surface area (TPSA) is 47.6 Å². The summed E-state index contributed by atoms with van der Waals surface area (Å²) in [6.07, 6.45) is 2.11. The molecule has 1 N–H and O–H groups in total. The third-order valence-electron chi connectivity index (χ3n) is 2.33. The summed E-state index contributed by atoms with van der Waals surface area (Å²) in [5.74, 6) is -0.223. The van der Waals surface area contributed by atoms with E-state index in [1.807, 2.05) is 13.8 Å². The minimum Gasteiger partial charge on any atom is -0.465 e. The van der Waals surface area contributed by atoms with Crippen molar-refractivity contribution in [1.29, 1.82) is 0 Å². The fourth-order valence-corrected chi connectivity index (χ4v) is 1.15. The Hall–Kier alpha value is -0.610. The Morgan fingerprint density at radius 3 is 2.50 bits per heavy atom. The van der Waals surface area contributed by atoms with Crippen LogP contribution in [0.25, 0.3) is 0 Å². The maximum atomic E-state index is 11.6. The molecular weight excluding hydrogens is 206 g/mol. The highest BCUT2D eigenvalue weighted by atomic mass is 16.5. The minimum absolute atomic E-state index is 0.181. The molecule has 0 saturated carbocycles. The molecule has 0 aromatic rings. The Morgan fingerprint density at radius 2 is 2.00 bits per heavy atom. The van der Waals surface area contributed by atoms with Crippen LogP contribution < -0.4 is 5.32 Å². The van der Waals surface area contributed by atoms with Gasteiger partial charge in [0.15, 0.2) is 0 Å². The predicted molar refractivity (Wildman–Crippen MR) is 64.4 cm³/mol. The van der Waals surface area contributed by atoms with E-state index in [2.05, 4.69) is 19.2 Å². The van der Waals surface area contributed by atoms with E-state index in [0.717, 1.165) is 19.4 Å². The lowest BCUT2D eigenvalue weighted by Gasteiger charge is -2.19. The number of ether oxygens (including phenoxy) is 2. The maximum absolute atomic E-state index is 11.6. The van der Waals surface area contributed by atoms with Gasteiger partial charge in [-0.3, -0.25) is 4.79 Å². The third kappa shape index (κ3) is 6.80. The fourth-order valence-electron chi connectivity index (χ4n) is 1.15. The molecule has 2 atom stereocenters. The summed E-state index contributed by atoms with van der Waals surface area (Å²) in [7, 11) is 0. The Morgan fingerprint density at radius 1 is 1.31 bits per heavy atom. The van der Waals surface area contributed by atoms with Crippen LogP contribution in [0.5, 0.6) is 0 Å². The van der Waals surface area contributed by atoms with Gasteiger partial charge in [0.2, 0.25) is 0 Å². The molecule has 2 unspecified atom stereocenters. The first-order valence-electron chi connectivity index (χ1n) is 6.17. The van der Waals surface area contributed by atoms with Crippen molar-refractivity contribution in [2.75, 3.05) is 19.8 Å². The molecule has 0 aromatic heterocycles. The van der Waals surface area contributed by atoms with Crippen LogP contribution in [0.3, 0.4) is 0 Å². The highest BCUT2D eigenvalue weighted by Gasteiger charge is 2.19. The van der Waals surface area contributed by atoms with E-state index >= 15 is 0 Å². The van der Waals surface area contributed by atoms with E-state index in [0.29, 0.717) is 13.2 Å². The van der Waals surface area contributed by atoms with Crippen molar-refractivity contribution in [1.82, 2.24) is 5.32 Å². The van der Waals surface area contributed by atoms with Gasteiger partial charge in [0.1, 0.15) is 6.04 Å². The van der Waals surface area contributed by atoms with Crippen LogP contribution in [0.2, 0.25) is 0 Å². The van der Waals surface area contributed by atoms with Crippen LogP contribution in [0, 0.1) is 0 Å². The SMILES string of the molecule is CCCNC(COC(C)CC)C(=O)OCC. The molecule has 96 valence electrons. The molecule has 0 spiro atoms. The number of esters is 1. The molecule has 0 aliphatic rings. The largest absolute Gasteiger partial charge is 0.465 e. The standard InChI is InChI=1S/C12H25NO3/c1-5-8-13-11(12(14)15-7-3)9-16-10(4)6-2/h10-11,13H,5-9H2,1-4H3. The summed E-state index contributed by atoms with van der Waals surface area (Å²) in [5, 5.41) is 3.13. The maximum Gasteiger partial charge on any atom is 0.325 e. The first kappa shape index (κ1) is 15.4. The summed E-state index contributed by atoms with van der Waals surface area (Å²) in [6, 6.07) is -0.339. The molecule has 0 saturated heterocycles. The molecule has 4 heteroatoms. The normalized spacial score (nSPS) is 14.5. The first-order valence-corrected chi connectivity index (χ1v) is 6.17. The number of hydrogen-bond acceptors (Lipinski definition) is 4. The predicted octanol–water partition coefficient (Wildman–Crippen LogP) is 1.73. The Labute approximate surface area is 98.7 Å². The van der Waals surface area contributed by atoms with Crippen molar-refractivity contribution in [2.45, 2.75) is 52.7 Å². The second kappa shape index (κ2) is 9.60. The lowest BCUT2D eigenvalue weighted by Crippen LogP contribution is -2.42. The van der Waals surface area contributed by atoms with Crippen molar-refractivity contribution in [2.24, 2.45) is 0 Å². The lowest BCUT2D eigenvalue weighted by molar-refractivity contribution is -0.147. The van der Waals surface area contributed by atoms with Crippen LogP contribution in [-0.2, 0) is 14.3 Å². The molecule has 0 heterocycles. The summed E-state index contributed by atoms with van der Waals surface area (Å²) in [4.78, 5) is 11.6. The van der Waals surface area contributed by atoms with Gasteiger partial charge >= 0.3 is 5.97 Å². The summed E-state index contributed by atoms with van der Waals surface area (Å²) < 4.78 is 10.5. The highest BCUT2D eigenvalue weighted by molar-refractivity contribution is 5.75. The van der Waals surface area contributed by atoms with Gasteiger partial charge in [0.05, 0.1) is 19.3 Å². The van der Waals surface area contributed by atoms with Crippen LogP contribution in [-0.4, -0.2) is 37.9 Å². The number of hydrogen-bond donors (Lipinski definition) is 1. The van der Waals surface area contributed by atoms with Crippen molar-refractivity contribution < 1.29 is 14.3 Å². The molecule has 0 aromatic carbocycles. The van der Waals surface area contributed by atoms with Crippen molar-refractivity contribution in [3.63, 3.8) is 0 Å². The molecule has 0 rings (SSSR count). The molecule has 0 amide bonds. The third-order valence-corrected chi connectivity index (χ3v) is 2.33. The van der Waals surface area contributed by atoms with Crippen molar-refractivity contribution >= 4 is 5.97 Å². The van der Waals surface area contributed by atoms with Gasteiger partial charge < -0.3 is 14.8 Å². The zero-order valence-electron chi connectivity index (χ0n) is 10.9. The Balaban J connectivity index is 4.03. The monoisotopic (exact) mass is 231 g/mol. The molecular formula is C12H25NO3. The molecule has 0 bridgehead atoms. The van der Waals surface area contributed by atoms with E-state index in [-0.39, 0.29) is 18.1 Å². The average Bonchev–Trinajstić information content (AvgIpc) is 2.29. The summed E-state index contributed by atoms with van der Waals surface area (Å²) >= 11 is 0. The van der Waals surface area contributed by atoms with Crippen molar-refractivity contribution in [3.8, 4) is 0 Å². The molecule has 0 fully saturated rings. The van der Waals surface area contributed by atoms with E-state index in [9.17, 15) is 4.79 Å². The van der Waals surface area contributed by atoms with Gasteiger partial charge in [-0.2, -0.15) is 0 Å². The van der Waals surface area contributed by atoms with Gasteiger partial charge in [0.25, 0.3) is 0 Å². The van der Waals surface area contributed by atoms with Gasteiger partial charge in [0, 0.05) is 0 Å². The van der Waals surface area contributed by atoms with Crippen LogP contribution in [0.1, 0.15) is 40.5 Å². The van der Waals surface area contributed by atoms with Crippen LogP contribution >= 0.6 is 0 Å². The van der Waals surface area contributed by atoms with Crippen molar-refractivity contribution in [3.05, 3.63) is 0 Å². The zero-order valence-corrected chi connectivity index (χ0v) is 10.9. The zero-order chi connectivity index (χ0) is 12.4. The number of carbonyl (C=O) groups excluding carboxylic acids is 1. The average molecular weight is 231 g/mol. The molecule has 0 radical (unpaired) electrons. The van der Waals surface area contributed by atoms with E-state index in [1.54, 1.807) is 0 Å². The first-order chi connectivity index (χ1) is 7.65. The van der Waals surface area contributed by atoms with Gasteiger partial charge in [-0.15, -0.1) is 0 Å². The van der Waals surface area contributed by atoms with E-state index < -0.39 is 0 Å². The minimum atomic E-state index is -0.339. The van der Waals surface area contributed by atoms with Gasteiger partial charge in [-0.05, 0) is 33.2 Å². The van der Waals surface area contributed by atoms with Crippen LogP contribution in [0.4, 0.5) is 0 Å². The second-order valence-electron chi connectivity index (χ2n) is 3.81. The van der Waals surface area contributed by atoms with E-state index in [1.165, 1.54) is 0 Å². The summed E-state index contributed by atoms with van der Waals surface area (Å²) in [6.45, 7) is 9.52. The van der Waals surface area contributed by atoms with Gasteiger partial charge in [-0.1, -0.05) is 13.8 Å².